The number of anilines is 1. The highest BCUT2D eigenvalue weighted by molar-refractivity contribution is 8.02. The molecule has 1 N–H and O–H groups in total. The normalized spacial score (nSPS) is 15.9. The molecule has 33 heavy (non-hydrogen) atoms. The van der Waals surface area contributed by atoms with Crippen molar-refractivity contribution < 1.29 is 22.2 Å². The Hall–Kier alpha value is -2.72. The Balaban J connectivity index is 2.00. The van der Waals surface area contributed by atoms with Crippen LogP contribution in [-0.2, 0) is 9.71 Å². The second-order valence-electron chi connectivity index (χ2n) is 7.80. The van der Waals surface area contributed by atoms with E-state index < -0.39 is 21.1 Å². The molecule has 1 unspecified atom stereocenters. The number of amides is 1. The number of benzene rings is 2. The second kappa shape index (κ2) is 8.25. The molecule has 2 aromatic carbocycles. The largest absolute Gasteiger partial charge is 0.481 e. The highest BCUT2D eigenvalue weighted by Crippen LogP contribution is 2.47. The van der Waals surface area contributed by atoms with E-state index in [-0.39, 0.29) is 23.8 Å². The molecule has 0 aliphatic heterocycles. The van der Waals surface area contributed by atoms with E-state index >= 15 is 0 Å². The van der Waals surface area contributed by atoms with Crippen LogP contribution in [0, 0.1) is 0 Å². The fourth-order valence-corrected chi connectivity index (χ4v) is 5.11. The number of carbonyl (C=O) groups excluding carboxylic acids is 1. The molecule has 1 saturated carbocycles. The van der Waals surface area contributed by atoms with Crippen LogP contribution in [0.25, 0.3) is 16.6 Å². The Kier molecular flexibility index (Phi) is 5.86. The monoisotopic (exact) mass is 498 g/mol. The minimum atomic E-state index is -5.01. The maximum absolute atomic E-state index is 13.6. The molecule has 0 spiro atoms. The molecule has 11 heteroatoms. The topological polar surface area (TPSA) is 67.2 Å². The summed E-state index contributed by atoms with van der Waals surface area (Å²) in [6, 6.07) is 9.85. The lowest BCUT2D eigenvalue weighted by atomic mass is 10.0. The van der Waals surface area contributed by atoms with Gasteiger partial charge in [0.05, 0.1) is 16.9 Å². The van der Waals surface area contributed by atoms with Gasteiger partial charge in [-0.05, 0) is 73.5 Å². The van der Waals surface area contributed by atoms with Crippen molar-refractivity contribution in [2.45, 2.75) is 31.2 Å². The standard InChI is InChI=1S/C22H22ClF3N4O2S/c1-4-29(33(3,32)22(24,25)26)19-12-18-17(11-16(19)13-5-6-13)20(21(31)27-2)30(28-18)15-9-7-14(23)8-10-15/h7-13H,3-6H2,1-2H3,(H,27,31). The molecule has 1 heterocycles. The van der Waals surface area contributed by atoms with E-state index in [0.717, 1.165) is 17.1 Å². The van der Waals surface area contributed by atoms with Crippen LogP contribution in [0.4, 0.5) is 18.9 Å². The lowest BCUT2D eigenvalue weighted by molar-refractivity contribution is -0.0394. The predicted molar refractivity (Wildman–Crippen MR) is 126 cm³/mol. The second-order valence-corrected chi connectivity index (χ2v) is 10.4. The van der Waals surface area contributed by atoms with E-state index in [0.29, 0.717) is 27.2 Å². The first-order valence-electron chi connectivity index (χ1n) is 10.3. The van der Waals surface area contributed by atoms with Crippen LogP contribution in [0.1, 0.15) is 41.7 Å². The summed E-state index contributed by atoms with van der Waals surface area (Å²) in [6.45, 7) is 1.34. The zero-order valence-corrected chi connectivity index (χ0v) is 19.5. The number of alkyl halides is 3. The molecule has 0 bridgehead atoms. The molecule has 1 amide bonds. The predicted octanol–water partition coefficient (Wildman–Crippen LogP) is 4.89. The number of rotatable bonds is 6. The van der Waals surface area contributed by atoms with Crippen molar-refractivity contribution in [3.05, 3.63) is 52.7 Å². The molecule has 0 radical (unpaired) electrons. The number of carbonyl (C=O) groups is 1. The van der Waals surface area contributed by atoms with Crippen molar-refractivity contribution in [2.24, 2.45) is 0 Å². The third kappa shape index (κ3) is 4.06. The average Bonchev–Trinajstić information content (AvgIpc) is 3.53. The Bertz CT molecular complexity index is 1330. The number of nitrogens with one attached hydrogen (secondary N) is 1. The zero-order chi connectivity index (χ0) is 24.1. The maximum Gasteiger partial charge on any atom is 0.481 e. The molecule has 1 aromatic heterocycles. The number of nitrogens with zero attached hydrogens (tertiary/aromatic N) is 3. The van der Waals surface area contributed by atoms with Crippen molar-refractivity contribution in [1.29, 1.82) is 0 Å². The summed E-state index contributed by atoms with van der Waals surface area (Å²) >= 11 is 5.98. The first kappa shape index (κ1) is 23.4. The van der Waals surface area contributed by atoms with Gasteiger partial charge in [-0.2, -0.15) is 18.3 Å². The average molecular weight is 499 g/mol. The quantitative estimate of drug-likeness (QED) is 0.492. The molecule has 6 nitrogen and oxygen atoms in total. The highest BCUT2D eigenvalue weighted by atomic mass is 35.5. The van der Waals surface area contributed by atoms with Gasteiger partial charge in [0.15, 0.2) is 0 Å². The van der Waals surface area contributed by atoms with Crippen LogP contribution in [0.3, 0.4) is 0 Å². The van der Waals surface area contributed by atoms with Gasteiger partial charge in [0.2, 0.25) is 0 Å². The van der Waals surface area contributed by atoms with E-state index in [9.17, 15) is 22.2 Å². The summed E-state index contributed by atoms with van der Waals surface area (Å²) in [7, 11) is -3.13. The van der Waals surface area contributed by atoms with Crippen LogP contribution >= 0.6 is 11.6 Å². The van der Waals surface area contributed by atoms with Gasteiger partial charge >= 0.3 is 5.51 Å². The molecule has 1 aliphatic carbocycles. The molecule has 3 aromatic rings. The summed E-state index contributed by atoms with van der Waals surface area (Å²) in [5.41, 5.74) is -3.11. The van der Waals surface area contributed by atoms with Gasteiger partial charge in [-0.15, -0.1) is 0 Å². The number of hydrogen-bond acceptors (Lipinski definition) is 3. The van der Waals surface area contributed by atoms with Crippen LogP contribution in [0.2, 0.25) is 5.02 Å². The van der Waals surface area contributed by atoms with Gasteiger partial charge in [0.1, 0.15) is 15.4 Å². The van der Waals surface area contributed by atoms with E-state index in [1.54, 1.807) is 30.3 Å². The summed E-state index contributed by atoms with van der Waals surface area (Å²) in [4.78, 5) is 12.8. The van der Waals surface area contributed by atoms with Crippen molar-refractivity contribution in [2.75, 3.05) is 17.9 Å². The van der Waals surface area contributed by atoms with Crippen LogP contribution in [-0.4, -0.2) is 44.9 Å². The van der Waals surface area contributed by atoms with Crippen LogP contribution in [0.15, 0.2) is 36.4 Å². The highest BCUT2D eigenvalue weighted by Gasteiger charge is 2.45. The van der Waals surface area contributed by atoms with E-state index in [4.69, 9.17) is 11.6 Å². The molecule has 1 aliphatic rings. The van der Waals surface area contributed by atoms with Crippen molar-refractivity contribution in [3.8, 4) is 5.69 Å². The number of halogens is 4. The lowest BCUT2D eigenvalue weighted by Gasteiger charge is -2.30. The third-order valence-corrected chi connectivity index (χ3v) is 7.77. The first-order chi connectivity index (χ1) is 15.5. The Morgan fingerprint density at radius 3 is 2.45 bits per heavy atom. The minimum absolute atomic E-state index is 0.0123. The van der Waals surface area contributed by atoms with Gasteiger partial charge in [-0.3, -0.25) is 9.10 Å². The Labute approximate surface area is 194 Å². The molecule has 4 rings (SSSR count). The van der Waals surface area contributed by atoms with Gasteiger partial charge in [-0.25, -0.2) is 8.89 Å². The smallest absolute Gasteiger partial charge is 0.354 e. The van der Waals surface area contributed by atoms with E-state index in [1.165, 1.54) is 24.7 Å². The fraction of sp³-hybridized carbons (Fsp3) is 0.318. The lowest BCUT2D eigenvalue weighted by Crippen LogP contribution is -2.41. The van der Waals surface area contributed by atoms with Gasteiger partial charge in [0, 0.05) is 24.0 Å². The Morgan fingerprint density at radius 1 is 1.30 bits per heavy atom. The molecule has 176 valence electrons. The Morgan fingerprint density at radius 2 is 1.94 bits per heavy atom. The number of hydrogen-bond donors (Lipinski definition) is 1. The van der Waals surface area contributed by atoms with Gasteiger partial charge < -0.3 is 5.32 Å². The fourth-order valence-electron chi connectivity index (χ4n) is 3.84. The van der Waals surface area contributed by atoms with Crippen LogP contribution < -0.4 is 9.62 Å². The first-order valence-corrected chi connectivity index (χ1v) is 12.3. The van der Waals surface area contributed by atoms with Crippen LogP contribution in [0.5, 0.6) is 0 Å². The summed E-state index contributed by atoms with van der Waals surface area (Å²) in [5, 5.41) is 8.11. The summed E-state index contributed by atoms with van der Waals surface area (Å²) in [5.74, 6) is 2.65. The third-order valence-electron chi connectivity index (χ3n) is 5.62. The van der Waals surface area contributed by atoms with E-state index in [1.807, 2.05) is 0 Å². The van der Waals surface area contributed by atoms with Crippen molar-refractivity contribution >= 4 is 49.7 Å². The van der Waals surface area contributed by atoms with Crippen molar-refractivity contribution in [3.63, 3.8) is 0 Å². The number of fused-ring (bicyclic) bond motifs is 1. The van der Waals surface area contributed by atoms with Crippen molar-refractivity contribution in [1.82, 2.24) is 15.1 Å². The molecule has 0 saturated heterocycles. The van der Waals surface area contributed by atoms with E-state index in [2.05, 4.69) is 16.3 Å². The minimum Gasteiger partial charge on any atom is -0.354 e. The summed E-state index contributed by atoms with van der Waals surface area (Å²) in [6.07, 6.45) is 1.59. The molecular formula is C22H22ClF3N4O2S. The number of aromatic nitrogens is 2. The maximum atomic E-state index is 13.6. The molecular weight excluding hydrogens is 477 g/mol. The van der Waals surface area contributed by atoms with Gasteiger partial charge in [0.25, 0.3) is 5.91 Å². The molecule has 1 fully saturated rings. The zero-order valence-electron chi connectivity index (χ0n) is 17.9. The van der Waals surface area contributed by atoms with Gasteiger partial charge in [-0.1, -0.05) is 11.6 Å². The SMILES string of the molecule is C=S(=O)(N(CC)c1cc2nn(-c3ccc(Cl)cc3)c(C(=O)NC)c2cc1C1CC1)C(F)(F)F. The summed E-state index contributed by atoms with van der Waals surface area (Å²) < 4.78 is 55.9. The molecule has 1 atom stereocenters.